The molecule has 0 aliphatic heterocycles. The van der Waals surface area contributed by atoms with Gasteiger partial charge in [-0.15, -0.1) is 0 Å². The van der Waals surface area contributed by atoms with Crippen LogP contribution in [0.1, 0.15) is 26.7 Å². The molecule has 0 aromatic carbocycles. The third-order valence-electron chi connectivity index (χ3n) is 2.71. The van der Waals surface area contributed by atoms with Crippen LogP contribution in [-0.2, 0) is 0 Å². The van der Waals surface area contributed by atoms with Gasteiger partial charge in [-0.3, -0.25) is 4.90 Å². The highest BCUT2D eigenvalue weighted by molar-refractivity contribution is 4.84. The number of nitrogens with one attached hydrogen (secondary N) is 1. The molecule has 0 spiro atoms. The van der Waals surface area contributed by atoms with E-state index in [2.05, 4.69) is 24.1 Å². The van der Waals surface area contributed by atoms with Gasteiger partial charge in [0.25, 0.3) is 0 Å². The highest BCUT2D eigenvalue weighted by Gasteiger charge is 2.26. The molecule has 1 fully saturated rings. The van der Waals surface area contributed by atoms with Crippen LogP contribution >= 0.6 is 0 Å². The maximum atomic E-state index is 5.52. The second-order valence-corrected chi connectivity index (χ2v) is 3.95. The standard InChI is InChI=1S/C10H23N3/c1-3-13(10-4-5-10)7-6-12-9(2)8-11/h9-10,12H,3-8,11H2,1-2H3. The molecule has 1 rings (SSSR count). The van der Waals surface area contributed by atoms with Gasteiger partial charge in [-0.25, -0.2) is 0 Å². The van der Waals surface area contributed by atoms with Crippen molar-refractivity contribution in [2.75, 3.05) is 26.2 Å². The minimum absolute atomic E-state index is 0.456. The van der Waals surface area contributed by atoms with E-state index < -0.39 is 0 Å². The van der Waals surface area contributed by atoms with Crippen molar-refractivity contribution in [1.29, 1.82) is 0 Å². The second-order valence-electron chi connectivity index (χ2n) is 3.95. The van der Waals surface area contributed by atoms with Crippen molar-refractivity contribution in [2.45, 2.75) is 38.8 Å². The summed E-state index contributed by atoms with van der Waals surface area (Å²) in [6.07, 6.45) is 2.81. The third kappa shape index (κ3) is 4.07. The van der Waals surface area contributed by atoms with Crippen LogP contribution in [0, 0.1) is 0 Å². The zero-order chi connectivity index (χ0) is 9.68. The fourth-order valence-electron chi connectivity index (χ4n) is 1.58. The summed E-state index contributed by atoms with van der Waals surface area (Å²) >= 11 is 0. The first kappa shape index (κ1) is 11.0. The Morgan fingerprint density at radius 1 is 1.54 bits per heavy atom. The molecule has 0 heterocycles. The molecular weight excluding hydrogens is 162 g/mol. The van der Waals surface area contributed by atoms with Crippen molar-refractivity contribution in [2.24, 2.45) is 5.73 Å². The molecule has 0 amide bonds. The summed E-state index contributed by atoms with van der Waals surface area (Å²) in [5.41, 5.74) is 5.52. The Kier molecular flexibility index (Phi) is 4.70. The first-order chi connectivity index (χ1) is 6.27. The van der Waals surface area contributed by atoms with Crippen LogP contribution in [0.2, 0.25) is 0 Å². The summed E-state index contributed by atoms with van der Waals surface area (Å²) < 4.78 is 0. The van der Waals surface area contributed by atoms with Crippen molar-refractivity contribution in [3.8, 4) is 0 Å². The predicted molar refractivity (Wildman–Crippen MR) is 56.8 cm³/mol. The molecule has 0 aromatic heterocycles. The monoisotopic (exact) mass is 185 g/mol. The van der Waals surface area contributed by atoms with E-state index in [0.717, 1.165) is 19.1 Å². The lowest BCUT2D eigenvalue weighted by Crippen LogP contribution is -2.39. The minimum atomic E-state index is 0.456. The summed E-state index contributed by atoms with van der Waals surface area (Å²) in [6, 6.07) is 1.35. The predicted octanol–water partition coefficient (Wildman–Crippen LogP) is 0.408. The first-order valence-electron chi connectivity index (χ1n) is 5.45. The lowest BCUT2D eigenvalue weighted by Gasteiger charge is -2.21. The van der Waals surface area contributed by atoms with Gasteiger partial charge in [-0.1, -0.05) is 6.92 Å². The van der Waals surface area contributed by atoms with Gasteiger partial charge in [0.2, 0.25) is 0 Å². The SMILES string of the molecule is CCN(CCNC(C)CN)C1CC1. The van der Waals surface area contributed by atoms with Crippen LogP contribution in [-0.4, -0.2) is 43.2 Å². The molecular formula is C10H23N3. The molecule has 0 saturated heterocycles. The smallest absolute Gasteiger partial charge is 0.0162 e. The van der Waals surface area contributed by atoms with Crippen LogP contribution < -0.4 is 11.1 Å². The van der Waals surface area contributed by atoms with Crippen LogP contribution in [0.25, 0.3) is 0 Å². The maximum Gasteiger partial charge on any atom is 0.0162 e. The molecule has 0 bridgehead atoms. The molecule has 3 heteroatoms. The minimum Gasteiger partial charge on any atom is -0.329 e. The lowest BCUT2D eigenvalue weighted by molar-refractivity contribution is 0.273. The van der Waals surface area contributed by atoms with Gasteiger partial charge in [0.15, 0.2) is 0 Å². The Morgan fingerprint density at radius 3 is 2.69 bits per heavy atom. The van der Waals surface area contributed by atoms with Crippen LogP contribution in [0.3, 0.4) is 0 Å². The molecule has 3 N–H and O–H groups in total. The average Bonchev–Trinajstić information content (AvgIpc) is 2.95. The molecule has 0 aromatic rings. The van der Waals surface area contributed by atoms with Gasteiger partial charge in [-0.2, -0.15) is 0 Å². The van der Waals surface area contributed by atoms with Crippen LogP contribution in [0.15, 0.2) is 0 Å². The molecule has 78 valence electrons. The Morgan fingerprint density at radius 2 is 2.23 bits per heavy atom. The summed E-state index contributed by atoms with van der Waals surface area (Å²) in [5.74, 6) is 0. The van der Waals surface area contributed by atoms with Crippen LogP contribution in [0.4, 0.5) is 0 Å². The summed E-state index contributed by atoms with van der Waals surface area (Å²) in [4.78, 5) is 2.55. The first-order valence-corrected chi connectivity index (χ1v) is 5.45. The van der Waals surface area contributed by atoms with Gasteiger partial charge in [0, 0.05) is 31.7 Å². The third-order valence-corrected chi connectivity index (χ3v) is 2.71. The molecule has 1 atom stereocenters. The number of rotatable bonds is 7. The van der Waals surface area contributed by atoms with Crippen molar-refractivity contribution >= 4 is 0 Å². The van der Waals surface area contributed by atoms with Gasteiger partial charge in [0.05, 0.1) is 0 Å². The topological polar surface area (TPSA) is 41.3 Å². The van der Waals surface area contributed by atoms with Gasteiger partial charge in [0.1, 0.15) is 0 Å². The Balaban J connectivity index is 2.02. The molecule has 0 radical (unpaired) electrons. The fourth-order valence-corrected chi connectivity index (χ4v) is 1.58. The van der Waals surface area contributed by atoms with E-state index in [9.17, 15) is 0 Å². The van der Waals surface area contributed by atoms with Crippen molar-refractivity contribution < 1.29 is 0 Å². The highest BCUT2D eigenvalue weighted by Crippen LogP contribution is 2.25. The highest BCUT2D eigenvalue weighted by atomic mass is 15.2. The molecule has 1 saturated carbocycles. The fraction of sp³-hybridized carbons (Fsp3) is 1.00. The Bertz CT molecular complexity index is 134. The zero-order valence-electron chi connectivity index (χ0n) is 8.92. The number of hydrogen-bond acceptors (Lipinski definition) is 3. The van der Waals surface area contributed by atoms with Crippen molar-refractivity contribution in [3.63, 3.8) is 0 Å². The summed E-state index contributed by atoms with van der Waals surface area (Å²) in [6.45, 7) is 8.53. The van der Waals surface area contributed by atoms with E-state index in [-0.39, 0.29) is 0 Å². The number of nitrogens with zero attached hydrogens (tertiary/aromatic N) is 1. The normalized spacial score (nSPS) is 19.4. The molecule has 1 unspecified atom stereocenters. The van der Waals surface area contributed by atoms with Gasteiger partial charge < -0.3 is 11.1 Å². The Labute approximate surface area is 81.7 Å². The quantitative estimate of drug-likeness (QED) is 0.603. The molecule has 1 aliphatic rings. The second kappa shape index (κ2) is 5.58. The maximum absolute atomic E-state index is 5.52. The van der Waals surface area contributed by atoms with Gasteiger partial charge >= 0.3 is 0 Å². The van der Waals surface area contributed by atoms with E-state index in [1.54, 1.807) is 0 Å². The van der Waals surface area contributed by atoms with Crippen molar-refractivity contribution in [1.82, 2.24) is 10.2 Å². The van der Waals surface area contributed by atoms with E-state index in [0.29, 0.717) is 6.04 Å². The van der Waals surface area contributed by atoms with E-state index in [1.165, 1.54) is 25.9 Å². The lowest BCUT2D eigenvalue weighted by atomic mass is 10.3. The molecule has 13 heavy (non-hydrogen) atoms. The van der Waals surface area contributed by atoms with Crippen LogP contribution in [0.5, 0.6) is 0 Å². The van der Waals surface area contributed by atoms with Gasteiger partial charge in [-0.05, 0) is 26.3 Å². The van der Waals surface area contributed by atoms with E-state index in [1.807, 2.05) is 0 Å². The zero-order valence-corrected chi connectivity index (χ0v) is 8.92. The summed E-state index contributed by atoms with van der Waals surface area (Å²) in [5, 5.41) is 3.41. The van der Waals surface area contributed by atoms with E-state index in [4.69, 9.17) is 5.73 Å². The number of hydrogen-bond donors (Lipinski definition) is 2. The summed E-state index contributed by atoms with van der Waals surface area (Å²) in [7, 11) is 0. The Hall–Kier alpha value is -0.120. The molecule has 1 aliphatic carbocycles. The largest absolute Gasteiger partial charge is 0.329 e. The average molecular weight is 185 g/mol. The number of likely N-dealkylation sites (N-methyl/N-ethyl adjacent to an activating group) is 1. The van der Waals surface area contributed by atoms with Crippen molar-refractivity contribution in [3.05, 3.63) is 0 Å². The number of nitrogens with two attached hydrogens (primary N) is 1. The molecule has 3 nitrogen and oxygen atoms in total. The van der Waals surface area contributed by atoms with E-state index >= 15 is 0 Å².